The molecule has 0 fully saturated rings. The first-order valence-electron chi connectivity index (χ1n) is 8.06. The maximum atomic E-state index is 11.8. The van der Waals surface area contributed by atoms with Gasteiger partial charge in [-0.15, -0.1) is 11.3 Å². The van der Waals surface area contributed by atoms with Gasteiger partial charge in [0.15, 0.2) is 0 Å². The molecule has 0 saturated carbocycles. The molecule has 0 aliphatic heterocycles. The average Bonchev–Trinajstić information content (AvgIpc) is 3.03. The van der Waals surface area contributed by atoms with Crippen LogP contribution in [-0.4, -0.2) is 22.7 Å². The molecule has 0 saturated heterocycles. The first-order chi connectivity index (χ1) is 11.4. The van der Waals surface area contributed by atoms with Gasteiger partial charge >= 0.3 is 6.03 Å². The Morgan fingerprint density at radius 3 is 2.58 bits per heavy atom. The lowest BCUT2D eigenvalue weighted by atomic mass is 9.93. The van der Waals surface area contributed by atoms with Gasteiger partial charge in [0, 0.05) is 17.3 Å². The highest BCUT2D eigenvalue weighted by molar-refractivity contribution is 7.09. The number of carbonyl (C=O) groups is 1. The highest BCUT2D eigenvalue weighted by Gasteiger charge is 2.17. The second-order valence-corrected chi connectivity index (χ2v) is 7.64. The zero-order valence-electron chi connectivity index (χ0n) is 14.4. The van der Waals surface area contributed by atoms with Crippen molar-refractivity contribution in [3.8, 4) is 0 Å². The van der Waals surface area contributed by atoms with Gasteiger partial charge in [-0.2, -0.15) is 0 Å². The number of nitrogens with one attached hydrogen (secondary N) is 2. The van der Waals surface area contributed by atoms with E-state index in [2.05, 4.69) is 36.4 Å². The number of hydrogen-bond acceptors (Lipinski definition) is 4. The minimum absolute atomic E-state index is 0.0184. The number of aromatic nitrogens is 1. The Kier molecular flexibility index (Phi) is 6.34. The van der Waals surface area contributed by atoms with E-state index >= 15 is 0 Å². The summed E-state index contributed by atoms with van der Waals surface area (Å²) < 4.78 is 0. The number of carbonyl (C=O) groups excluding carboxylic acids is 1. The van der Waals surface area contributed by atoms with Crippen LogP contribution >= 0.6 is 11.3 Å². The van der Waals surface area contributed by atoms with Crippen LogP contribution < -0.4 is 10.6 Å². The van der Waals surface area contributed by atoms with Crippen molar-refractivity contribution < 1.29 is 9.90 Å². The third-order valence-corrected chi connectivity index (χ3v) is 4.46. The molecule has 5 nitrogen and oxygen atoms in total. The van der Waals surface area contributed by atoms with Gasteiger partial charge in [0.25, 0.3) is 0 Å². The lowest BCUT2D eigenvalue weighted by Gasteiger charge is -2.14. The third-order valence-electron chi connectivity index (χ3n) is 3.61. The summed E-state index contributed by atoms with van der Waals surface area (Å²) in [6.45, 7) is 7.17. The predicted octanol–water partition coefficient (Wildman–Crippen LogP) is 3.36. The van der Waals surface area contributed by atoms with E-state index in [-0.39, 0.29) is 11.4 Å². The fourth-order valence-electron chi connectivity index (χ4n) is 2.12. The van der Waals surface area contributed by atoms with Crippen LogP contribution in [0.4, 0.5) is 4.79 Å². The SMILES string of the molecule is CC(C)(C)c1csc(CNC(=O)NCCC(O)c2ccccc2)n1. The molecule has 1 unspecified atom stereocenters. The van der Waals surface area contributed by atoms with Gasteiger partial charge in [-0.25, -0.2) is 9.78 Å². The monoisotopic (exact) mass is 347 g/mol. The van der Waals surface area contributed by atoms with E-state index in [9.17, 15) is 9.90 Å². The van der Waals surface area contributed by atoms with Crippen LogP contribution in [0, 0.1) is 0 Å². The van der Waals surface area contributed by atoms with Crippen molar-refractivity contribution in [2.45, 2.75) is 45.3 Å². The van der Waals surface area contributed by atoms with Crippen LogP contribution in [0.1, 0.15) is 49.6 Å². The van der Waals surface area contributed by atoms with Gasteiger partial charge in [0.05, 0.1) is 18.3 Å². The van der Waals surface area contributed by atoms with E-state index < -0.39 is 6.10 Å². The van der Waals surface area contributed by atoms with Crippen LogP contribution in [0.5, 0.6) is 0 Å². The molecule has 2 amide bonds. The van der Waals surface area contributed by atoms with Gasteiger partial charge in [-0.1, -0.05) is 51.1 Å². The molecule has 6 heteroatoms. The number of thiazole rings is 1. The first-order valence-corrected chi connectivity index (χ1v) is 8.94. The first kappa shape index (κ1) is 18.4. The Labute approximate surface area is 147 Å². The summed E-state index contributed by atoms with van der Waals surface area (Å²) in [6, 6.07) is 9.19. The summed E-state index contributed by atoms with van der Waals surface area (Å²) in [6.07, 6.45) is -0.0946. The molecule has 1 aromatic heterocycles. The van der Waals surface area contributed by atoms with E-state index in [0.717, 1.165) is 16.3 Å². The van der Waals surface area contributed by atoms with Crippen molar-refractivity contribution in [3.05, 3.63) is 52.0 Å². The number of hydrogen-bond donors (Lipinski definition) is 3. The number of aliphatic hydroxyl groups is 1. The molecule has 0 aliphatic carbocycles. The fourth-order valence-corrected chi connectivity index (χ4v) is 3.08. The van der Waals surface area contributed by atoms with E-state index in [1.165, 1.54) is 0 Å². The van der Waals surface area contributed by atoms with Crippen molar-refractivity contribution in [1.29, 1.82) is 0 Å². The maximum absolute atomic E-state index is 11.8. The maximum Gasteiger partial charge on any atom is 0.315 e. The zero-order chi connectivity index (χ0) is 17.6. The molecule has 3 N–H and O–H groups in total. The van der Waals surface area contributed by atoms with E-state index in [4.69, 9.17) is 0 Å². The topological polar surface area (TPSA) is 74.2 Å². The summed E-state index contributed by atoms with van der Waals surface area (Å²) >= 11 is 1.55. The van der Waals surface area contributed by atoms with Crippen molar-refractivity contribution in [1.82, 2.24) is 15.6 Å². The van der Waals surface area contributed by atoms with Crippen LogP contribution in [0.15, 0.2) is 35.7 Å². The Bertz CT molecular complexity index is 650. The number of benzene rings is 1. The minimum Gasteiger partial charge on any atom is -0.388 e. The van der Waals surface area contributed by atoms with E-state index in [0.29, 0.717) is 19.5 Å². The molecule has 2 rings (SSSR count). The number of amides is 2. The molecule has 1 atom stereocenters. The minimum atomic E-state index is -0.570. The molecule has 1 heterocycles. The summed E-state index contributed by atoms with van der Waals surface area (Å²) in [4.78, 5) is 16.3. The van der Waals surface area contributed by atoms with Crippen LogP contribution in [0.25, 0.3) is 0 Å². The average molecular weight is 347 g/mol. The van der Waals surface area contributed by atoms with Gasteiger partial charge in [0.2, 0.25) is 0 Å². The van der Waals surface area contributed by atoms with Crippen molar-refractivity contribution >= 4 is 17.4 Å². The number of urea groups is 1. The van der Waals surface area contributed by atoms with Gasteiger partial charge in [-0.05, 0) is 12.0 Å². The van der Waals surface area contributed by atoms with Crippen molar-refractivity contribution in [2.24, 2.45) is 0 Å². The standard InChI is InChI=1S/C18H25N3O2S/c1-18(2,3)15-12-24-16(21-15)11-20-17(23)19-10-9-14(22)13-7-5-4-6-8-13/h4-8,12,14,22H,9-11H2,1-3H3,(H2,19,20,23). The Morgan fingerprint density at radius 1 is 1.25 bits per heavy atom. The second kappa shape index (κ2) is 8.26. The summed E-state index contributed by atoms with van der Waals surface area (Å²) in [5.41, 5.74) is 1.91. The molecular formula is C18H25N3O2S. The fraction of sp³-hybridized carbons (Fsp3) is 0.444. The summed E-state index contributed by atoms with van der Waals surface area (Å²) in [5, 5.41) is 18.5. The smallest absolute Gasteiger partial charge is 0.315 e. The molecular weight excluding hydrogens is 322 g/mol. The van der Waals surface area contributed by atoms with Crippen molar-refractivity contribution in [3.63, 3.8) is 0 Å². The molecule has 0 aliphatic rings. The molecule has 130 valence electrons. The third kappa shape index (κ3) is 5.62. The molecule has 2 aromatic rings. The highest BCUT2D eigenvalue weighted by atomic mass is 32.1. The molecule has 0 spiro atoms. The van der Waals surface area contributed by atoms with Crippen LogP contribution in [-0.2, 0) is 12.0 Å². The molecule has 24 heavy (non-hydrogen) atoms. The number of rotatable bonds is 6. The number of aliphatic hydroxyl groups excluding tert-OH is 1. The lowest BCUT2D eigenvalue weighted by molar-refractivity contribution is 0.167. The second-order valence-electron chi connectivity index (χ2n) is 6.70. The van der Waals surface area contributed by atoms with Crippen LogP contribution in [0.2, 0.25) is 0 Å². The van der Waals surface area contributed by atoms with E-state index in [1.54, 1.807) is 11.3 Å². The largest absolute Gasteiger partial charge is 0.388 e. The molecule has 1 aromatic carbocycles. The van der Waals surface area contributed by atoms with Crippen molar-refractivity contribution in [2.75, 3.05) is 6.54 Å². The molecule has 0 bridgehead atoms. The highest BCUT2D eigenvalue weighted by Crippen LogP contribution is 2.23. The van der Waals surface area contributed by atoms with Gasteiger partial charge in [0.1, 0.15) is 5.01 Å². The predicted molar refractivity (Wildman–Crippen MR) is 97.1 cm³/mol. The van der Waals surface area contributed by atoms with Gasteiger partial charge in [-0.3, -0.25) is 0 Å². The lowest BCUT2D eigenvalue weighted by Crippen LogP contribution is -2.36. The van der Waals surface area contributed by atoms with Gasteiger partial charge < -0.3 is 15.7 Å². The Balaban J connectivity index is 1.69. The molecule has 0 radical (unpaired) electrons. The summed E-state index contributed by atoms with van der Waals surface area (Å²) in [5.74, 6) is 0. The Hall–Kier alpha value is -1.92. The van der Waals surface area contributed by atoms with Crippen LogP contribution in [0.3, 0.4) is 0 Å². The normalized spacial score (nSPS) is 12.7. The zero-order valence-corrected chi connectivity index (χ0v) is 15.2. The number of nitrogens with zero attached hydrogens (tertiary/aromatic N) is 1. The van der Waals surface area contributed by atoms with E-state index in [1.807, 2.05) is 35.7 Å². The summed E-state index contributed by atoms with van der Waals surface area (Å²) in [7, 11) is 0. The quantitative estimate of drug-likeness (QED) is 0.750. The Morgan fingerprint density at radius 2 is 1.96 bits per heavy atom.